The Morgan fingerprint density at radius 1 is 0.842 bits per heavy atom. The molecular weight excluding hydrogens is 228 g/mol. The van der Waals surface area contributed by atoms with Crippen LogP contribution in [-0.2, 0) is 6.42 Å². The molecule has 0 nitrogen and oxygen atoms in total. The van der Waals surface area contributed by atoms with Gasteiger partial charge in [-0.3, -0.25) is 0 Å². The highest BCUT2D eigenvalue weighted by molar-refractivity contribution is 6.08. The van der Waals surface area contributed by atoms with Crippen LogP contribution in [0.2, 0.25) is 0 Å². The Bertz CT molecular complexity index is 735. The van der Waals surface area contributed by atoms with Crippen molar-refractivity contribution >= 4 is 21.5 Å². The molecule has 0 radical (unpaired) electrons. The normalized spacial score (nSPS) is 11.6. The molecule has 0 amide bonds. The second-order valence-electron chi connectivity index (χ2n) is 5.57. The van der Waals surface area contributed by atoms with Crippen molar-refractivity contribution in [2.45, 2.75) is 33.1 Å². The van der Waals surface area contributed by atoms with E-state index in [1.807, 2.05) is 0 Å². The monoisotopic (exact) mass is 248 g/mol. The van der Waals surface area contributed by atoms with Crippen molar-refractivity contribution in [2.75, 3.05) is 0 Å². The van der Waals surface area contributed by atoms with Crippen LogP contribution in [0.3, 0.4) is 0 Å². The second kappa shape index (κ2) is 4.70. The molecule has 0 heteroatoms. The second-order valence-corrected chi connectivity index (χ2v) is 5.57. The standard InChI is InChI=1S/C19H20/c1-4-14-6-5-7-19-17(14)11-9-16-12-15(13(2)3)8-10-18(16)19/h5-13H,4H2,1-3H3. The van der Waals surface area contributed by atoms with Crippen LogP contribution < -0.4 is 0 Å². The van der Waals surface area contributed by atoms with Gasteiger partial charge in [-0.25, -0.2) is 0 Å². The number of hydrogen-bond acceptors (Lipinski definition) is 0. The Balaban J connectivity index is 2.35. The van der Waals surface area contributed by atoms with Crippen molar-refractivity contribution in [1.29, 1.82) is 0 Å². The Hall–Kier alpha value is -1.82. The molecule has 0 saturated carbocycles. The van der Waals surface area contributed by atoms with Crippen molar-refractivity contribution in [3.05, 3.63) is 59.7 Å². The molecule has 0 spiro atoms. The molecule has 3 rings (SSSR count). The predicted octanol–water partition coefficient (Wildman–Crippen LogP) is 5.68. The van der Waals surface area contributed by atoms with Gasteiger partial charge in [-0.1, -0.05) is 69.3 Å². The minimum atomic E-state index is 0.585. The highest BCUT2D eigenvalue weighted by atomic mass is 14.1. The van der Waals surface area contributed by atoms with Gasteiger partial charge in [0.15, 0.2) is 0 Å². The lowest BCUT2D eigenvalue weighted by Crippen LogP contribution is -1.88. The third-order valence-corrected chi connectivity index (χ3v) is 4.04. The number of rotatable bonds is 2. The zero-order chi connectivity index (χ0) is 13.4. The summed E-state index contributed by atoms with van der Waals surface area (Å²) in [5.41, 5.74) is 2.85. The molecule has 0 N–H and O–H groups in total. The summed E-state index contributed by atoms with van der Waals surface area (Å²) in [6, 6.07) is 18.1. The van der Waals surface area contributed by atoms with Crippen molar-refractivity contribution < 1.29 is 0 Å². The largest absolute Gasteiger partial charge is 0.0613 e. The molecule has 19 heavy (non-hydrogen) atoms. The average molecular weight is 248 g/mol. The molecule has 0 aliphatic rings. The topological polar surface area (TPSA) is 0 Å². The maximum atomic E-state index is 2.33. The zero-order valence-electron chi connectivity index (χ0n) is 11.9. The Labute approximate surface area is 115 Å². The van der Waals surface area contributed by atoms with Crippen molar-refractivity contribution in [1.82, 2.24) is 0 Å². The van der Waals surface area contributed by atoms with Gasteiger partial charge in [0.05, 0.1) is 0 Å². The minimum Gasteiger partial charge on any atom is -0.0613 e. The van der Waals surface area contributed by atoms with E-state index in [-0.39, 0.29) is 0 Å². The van der Waals surface area contributed by atoms with Crippen molar-refractivity contribution in [3.63, 3.8) is 0 Å². The molecule has 3 aromatic rings. The maximum absolute atomic E-state index is 2.33. The number of benzene rings is 3. The molecular formula is C19H20. The van der Waals surface area contributed by atoms with Gasteiger partial charge in [0.25, 0.3) is 0 Å². The van der Waals surface area contributed by atoms with Crippen LogP contribution in [-0.4, -0.2) is 0 Å². The van der Waals surface area contributed by atoms with E-state index in [1.165, 1.54) is 32.7 Å². The van der Waals surface area contributed by atoms with E-state index in [9.17, 15) is 0 Å². The molecule has 0 bridgehead atoms. The van der Waals surface area contributed by atoms with E-state index in [1.54, 1.807) is 0 Å². The van der Waals surface area contributed by atoms with Gasteiger partial charge in [0, 0.05) is 0 Å². The van der Waals surface area contributed by atoms with Gasteiger partial charge in [-0.2, -0.15) is 0 Å². The lowest BCUT2D eigenvalue weighted by atomic mass is 9.94. The van der Waals surface area contributed by atoms with Gasteiger partial charge < -0.3 is 0 Å². The molecule has 96 valence electrons. The highest BCUT2D eigenvalue weighted by Crippen LogP contribution is 2.30. The molecule has 3 aromatic carbocycles. The van der Waals surface area contributed by atoms with E-state index in [2.05, 4.69) is 69.3 Å². The van der Waals surface area contributed by atoms with Crippen LogP contribution in [0.4, 0.5) is 0 Å². The van der Waals surface area contributed by atoms with E-state index >= 15 is 0 Å². The summed E-state index contributed by atoms with van der Waals surface area (Å²) < 4.78 is 0. The van der Waals surface area contributed by atoms with Gasteiger partial charge in [-0.15, -0.1) is 0 Å². The van der Waals surface area contributed by atoms with E-state index in [4.69, 9.17) is 0 Å². The first-order chi connectivity index (χ1) is 9.20. The van der Waals surface area contributed by atoms with Crippen LogP contribution >= 0.6 is 0 Å². The van der Waals surface area contributed by atoms with E-state index < -0.39 is 0 Å². The molecule has 0 aliphatic carbocycles. The Morgan fingerprint density at radius 3 is 2.37 bits per heavy atom. The molecule has 0 fully saturated rings. The fourth-order valence-corrected chi connectivity index (χ4v) is 2.85. The molecule has 0 aromatic heterocycles. The first-order valence-corrected chi connectivity index (χ1v) is 7.15. The summed E-state index contributed by atoms with van der Waals surface area (Å²) in [7, 11) is 0. The summed E-state index contributed by atoms with van der Waals surface area (Å²) in [6.07, 6.45) is 1.09. The lowest BCUT2D eigenvalue weighted by Gasteiger charge is -2.11. The molecule has 0 aliphatic heterocycles. The molecule has 0 atom stereocenters. The van der Waals surface area contributed by atoms with Gasteiger partial charge in [0.1, 0.15) is 0 Å². The zero-order valence-corrected chi connectivity index (χ0v) is 11.9. The lowest BCUT2D eigenvalue weighted by molar-refractivity contribution is 0.869. The summed E-state index contributed by atoms with van der Waals surface area (Å²) >= 11 is 0. The average Bonchev–Trinajstić information content (AvgIpc) is 2.45. The van der Waals surface area contributed by atoms with Crippen LogP contribution in [0.25, 0.3) is 21.5 Å². The fourth-order valence-electron chi connectivity index (χ4n) is 2.85. The summed E-state index contributed by atoms with van der Waals surface area (Å²) in [4.78, 5) is 0. The third-order valence-electron chi connectivity index (χ3n) is 4.04. The first kappa shape index (κ1) is 12.2. The van der Waals surface area contributed by atoms with Crippen LogP contribution in [0, 0.1) is 0 Å². The summed E-state index contributed by atoms with van der Waals surface area (Å²) in [5, 5.41) is 5.51. The van der Waals surface area contributed by atoms with Crippen molar-refractivity contribution in [2.24, 2.45) is 0 Å². The van der Waals surface area contributed by atoms with Gasteiger partial charge in [0.2, 0.25) is 0 Å². The summed E-state index contributed by atoms with van der Waals surface area (Å²) in [6.45, 7) is 6.72. The smallest absolute Gasteiger partial charge is 0.0103 e. The third kappa shape index (κ3) is 2.02. The highest BCUT2D eigenvalue weighted by Gasteiger charge is 2.05. The van der Waals surface area contributed by atoms with Crippen molar-refractivity contribution in [3.8, 4) is 0 Å². The van der Waals surface area contributed by atoms with Crippen LogP contribution in [0.15, 0.2) is 48.5 Å². The molecule has 0 unspecified atom stereocenters. The minimum absolute atomic E-state index is 0.585. The summed E-state index contributed by atoms with van der Waals surface area (Å²) in [5.74, 6) is 0.585. The fraction of sp³-hybridized carbons (Fsp3) is 0.263. The van der Waals surface area contributed by atoms with Gasteiger partial charge in [-0.05, 0) is 45.0 Å². The van der Waals surface area contributed by atoms with Gasteiger partial charge >= 0.3 is 0 Å². The number of aryl methyl sites for hydroxylation is 1. The number of fused-ring (bicyclic) bond motifs is 3. The molecule has 0 heterocycles. The predicted molar refractivity (Wildman–Crippen MR) is 84.9 cm³/mol. The van der Waals surface area contributed by atoms with Crippen LogP contribution in [0.5, 0.6) is 0 Å². The Kier molecular flexibility index (Phi) is 3.02. The van der Waals surface area contributed by atoms with Crippen LogP contribution in [0.1, 0.15) is 37.8 Å². The number of hydrogen-bond donors (Lipinski definition) is 0. The SMILES string of the molecule is CCc1cccc2c1ccc1cc(C(C)C)ccc12. The Morgan fingerprint density at radius 2 is 1.63 bits per heavy atom. The first-order valence-electron chi connectivity index (χ1n) is 7.15. The molecule has 0 saturated heterocycles. The van der Waals surface area contributed by atoms with E-state index in [0.717, 1.165) is 6.42 Å². The maximum Gasteiger partial charge on any atom is -0.0103 e. The quantitative estimate of drug-likeness (QED) is 0.512. The van der Waals surface area contributed by atoms with E-state index in [0.29, 0.717) is 5.92 Å².